The minimum atomic E-state index is 0.0264. The first-order chi connectivity index (χ1) is 6.41. The average molecular weight is 198 g/mol. The lowest BCUT2D eigenvalue weighted by atomic mass is 9.84. The van der Waals surface area contributed by atoms with Gasteiger partial charge in [0.1, 0.15) is 0 Å². The van der Waals surface area contributed by atoms with Gasteiger partial charge in [0.25, 0.3) is 0 Å². The van der Waals surface area contributed by atoms with E-state index in [-0.39, 0.29) is 24.0 Å². The number of nitriles is 1. The molecule has 2 atom stereocenters. The number of hydrogen-bond acceptors (Lipinski definition) is 3. The van der Waals surface area contributed by atoms with Gasteiger partial charge in [-0.25, -0.2) is 0 Å². The van der Waals surface area contributed by atoms with Crippen molar-refractivity contribution in [3.8, 4) is 6.07 Å². The molecule has 0 fully saturated rings. The first-order valence-electron chi connectivity index (χ1n) is 5.15. The van der Waals surface area contributed by atoms with E-state index < -0.39 is 0 Å². The highest BCUT2D eigenvalue weighted by molar-refractivity contribution is 4.85. The van der Waals surface area contributed by atoms with E-state index in [2.05, 4.69) is 32.2 Å². The van der Waals surface area contributed by atoms with Crippen LogP contribution in [0.4, 0.5) is 0 Å². The van der Waals surface area contributed by atoms with Crippen molar-refractivity contribution in [1.82, 2.24) is 5.32 Å². The Morgan fingerprint density at radius 3 is 2.36 bits per heavy atom. The van der Waals surface area contributed by atoms with Gasteiger partial charge in [-0.15, -0.1) is 0 Å². The number of aliphatic hydroxyl groups is 1. The van der Waals surface area contributed by atoms with Crippen LogP contribution >= 0.6 is 0 Å². The van der Waals surface area contributed by atoms with Crippen molar-refractivity contribution in [2.45, 2.75) is 40.2 Å². The van der Waals surface area contributed by atoms with Crippen LogP contribution in [-0.2, 0) is 0 Å². The van der Waals surface area contributed by atoms with Gasteiger partial charge in [0.15, 0.2) is 0 Å². The van der Waals surface area contributed by atoms with Gasteiger partial charge in [0, 0.05) is 19.2 Å². The molecule has 0 radical (unpaired) electrons. The van der Waals surface area contributed by atoms with Gasteiger partial charge in [-0.3, -0.25) is 0 Å². The molecule has 14 heavy (non-hydrogen) atoms. The molecule has 0 aromatic rings. The Morgan fingerprint density at radius 2 is 2.00 bits per heavy atom. The summed E-state index contributed by atoms with van der Waals surface area (Å²) in [5.41, 5.74) is 0.123. The minimum Gasteiger partial charge on any atom is -0.396 e. The third kappa shape index (κ3) is 5.21. The first-order valence-corrected chi connectivity index (χ1v) is 5.15. The van der Waals surface area contributed by atoms with Crippen molar-refractivity contribution in [3.05, 3.63) is 0 Å². The van der Waals surface area contributed by atoms with E-state index in [1.807, 2.05) is 6.92 Å². The van der Waals surface area contributed by atoms with E-state index in [0.29, 0.717) is 6.54 Å². The van der Waals surface area contributed by atoms with Gasteiger partial charge in [0.05, 0.1) is 12.0 Å². The molecule has 0 aliphatic rings. The second kappa shape index (κ2) is 6.00. The fourth-order valence-electron chi connectivity index (χ4n) is 1.34. The lowest BCUT2D eigenvalue weighted by Gasteiger charge is -2.31. The van der Waals surface area contributed by atoms with E-state index in [1.165, 1.54) is 0 Å². The number of hydrogen-bond donors (Lipinski definition) is 2. The van der Waals surface area contributed by atoms with Gasteiger partial charge in [-0.05, 0) is 18.8 Å². The summed E-state index contributed by atoms with van der Waals surface area (Å²) in [7, 11) is 0. The lowest BCUT2D eigenvalue weighted by molar-refractivity contribution is 0.195. The standard InChI is InChI=1S/C11H22N2O/c1-9(7-12)8-13-10(5-6-14)11(2,3)4/h9-10,13-14H,5-6,8H2,1-4H3. The Labute approximate surface area is 87.1 Å². The molecule has 0 amide bonds. The minimum absolute atomic E-state index is 0.0264. The molecule has 0 aromatic carbocycles. The van der Waals surface area contributed by atoms with Crippen LogP contribution in [0.25, 0.3) is 0 Å². The van der Waals surface area contributed by atoms with Crippen molar-refractivity contribution >= 4 is 0 Å². The zero-order valence-corrected chi connectivity index (χ0v) is 9.67. The molecule has 0 saturated heterocycles. The monoisotopic (exact) mass is 198 g/mol. The predicted molar refractivity (Wildman–Crippen MR) is 57.7 cm³/mol. The molecule has 82 valence electrons. The second-order valence-corrected chi connectivity index (χ2v) is 4.87. The highest BCUT2D eigenvalue weighted by Gasteiger charge is 2.23. The van der Waals surface area contributed by atoms with Crippen LogP contribution in [-0.4, -0.2) is 24.3 Å². The van der Waals surface area contributed by atoms with E-state index in [4.69, 9.17) is 10.4 Å². The first kappa shape index (κ1) is 13.4. The third-order valence-electron chi connectivity index (χ3n) is 2.35. The van der Waals surface area contributed by atoms with Crippen LogP contribution in [0.2, 0.25) is 0 Å². The van der Waals surface area contributed by atoms with Crippen molar-refractivity contribution in [2.24, 2.45) is 11.3 Å². The number of aliphatic hydroxyl groups excluding tert-OH is 1. The van der Waals surface area contributed by atoms with Crippen LogP contribution < -0.4 is 5.32 Å². The SMILES string of the molecule is CC(C#N)CNC(CCO)C(C)(C)C. The van der Waals surface area contributed by atoms with Crippen molar-refractivity contribution in [2.75, 3.05) is 13.2 Å². The third-order valence-corrected chi connectivity index (χ3v) is 2.35. The van der Waals surface area contributed by atoms with Crippen molar-refractivity contribution in [1.29, 1.82) is 5.26 Å². The summed E-state index contributed by atoms with van der Waals surface area (Å²) in [6, 6.07) is 2.46. The van der Waals surface area contributed by atoms with E-state index >= 15 is 0 Å². The molecule has 0 spiro atoms. The summed E-state index contributed by atoms with van der Waals surface area (Å²) in [6.07, 6.45) is 0.738. The summed E-state index contributed by atoms with van der Waals surface area (Å²) in [5, 5.41) is 20.9. The lowest BCUT2D eigenvalue weighted by Crippen LogP contribution is -2.42. The van der Waals surface area contributed by atoms with Crippen LogP contribution in [0.15, 0.2) is 0 Å². The number of nitrogens with one attached hydrogen (secondary N) is 1. The molecule has 3 heteroatoms. The quantitative estimate of drug-likeness (QED) is 0.704. The van der Waals surface area contributed by atoms with Gasteiger partial charge in [-0.1, -0.05) is 20.8 Å². The predicted octanol–water partition coefficient (Wildman–Crippen LogP) is 1.53. The van der Waals surface area contributed by atoms with E-state index in [9.17, 15) is 0 Å². The van der Waals surface area contributed by atoms with Crippen LogP contribution in [0, 0.1) is 22.7 Å². The van der Waals surface area contributed by atoms with Crippen LogP contribution in [0.1, 0.15) is 34.1 Å². The van der Waals surface area contributed by atoms with Gasteiger partial charge < -0.3 is 10.4 Å². The molecule has 0 bridgehead atoms. The maximum absolute atomic E-state index is 8.92. The molecule has 2 unspecified atom stereocenters. The second-order valence-electron chi connectivity index (χ2n) is 4.87. The maximum atomic E-state index is 8.92. The molecule has 0 aliphatic heterocycles. The summed E-state index contributed by atoms with van der Waals surface area (Å²) in [6.45, 7) is 9.19. The summed E-state index contributed by atoms with van der Waals surface area (Å²) < 4.78 is 0. The zero-order chi connectivity index (χ0) is 11.2. The topological polar surface area (TPSA) is 56.0 Å². The van der Waals surface area contributed by atoms with Gasteiger partial charge in [0.2, 0.25) is 0 Å². The maximum Gasteiger partial charge on any atom is 0.0666 e. The Hall–Kier alpha value is -0.590. The number of nitrogens with zero attached hydrogens (tertiary/aromatic N) is 1. The van der Waals surface area contributed by atoms with Crippen molar-refractivity contribution in [3.63, 3.8) is 0 Å². The summed E-state index contributed by atoms with van der Waals surface area (Å²) in [5.74, 6) is 0.0264. The Balaban J connectivity index is 4.06. The van der Waals surface area contributed by atoms with E-state index in [1.54, 1.807) is 0 Å². The molecule has 2 N–H and O–H groups in total. The summed E-state index contributed by atoms with van der Waals surface area (Å²) in [4.78, 5) is 0. The highest BCUT2D eigenvalue weighted by Crippen LogP contribution is 2.21. The summed E-state index contributed by atoms with van der Waals surface area (Å²) >= 11 is 0. The molecule has 0 aliphatic carbocycles. The van der Waals surface area contributed by atoms with Gasteiger partial charge in [-0.2, -0.15) is 5.26 Å². The smallest absolute Gasteiger partial charge is 0.0666 e. The Kier molecular flexibility index (Phi) is 5.75. The van der Waals surface area contributed by atoms with E-state index in [0.717, 1.165) is 6.42 Å². The average Bonchev–Trinajstić information content (AvgIpc) is 2.09. The Morgan fingerprint density at radius 1 is 1.43 bits per heavy atom. The molecule has 0 rings (SSSR count). The van der Waals surface area contributed by atoms with Gasteiger partial charge >= 0.3 is 0 Å². The fraction of sp³-hybridized carbons (Fsp3) is 0.909. The van der Waals surface area contributed by atoms with Crippen molar-refractivity contribution < 1.29 is 5.11 Å². The largest absolute Gasteiger partial charge is 0.396 e. The molecular weight excluding hydrogens is 176 g/mol. The van der Waals surface area contributed by atoms with Crippen LogP contribution in [0.5, 0.6) is 0 Å². The molecular formula is C11H22N2O. The Bertz CT molecular complexity index is 190. The zero-order valence-electron chi connectivity index (χ0n) is 9.67. The normalized spacial score (nSPS) is 16.0. The molecule has 0 aromatic heterocycles. The number of rotatable bonds is 5. The molecule has 0 saturated carbocycles. The molecule has 3 nitrogen and oxygen atoms in total. The molecule has 0 heterocycles. The fourth-order valence-corrected chi connectivity index (χ4v) is 1.34. The van der Waals surface area contributed by atoms with Crippen LogP contribution in [0.3, 0.4) is 0 Å². The highest BCUT2D eigenvalue weighted by atomic mass is 16.3.